The minimum absolute atomic E-state index is 0.0733. The third-order valence-corrected chi connectivity index (χ3v) is 3.31. The Morgan fingerprint density at radius 2 is 1.90 bits per heavy atom. The molecule has 0 radical (unpaired) electrons. The van der Waals surface area contributed by atoms with Gasteiger partial charge in [-0.25, -0.2) is 0 Å². The lowest BCUT2D eigenvalue weighted by Gasteiger charge is -2.20. The average Bonchev–Trinajstić information content (AvgIpc) is 2.54. The highest BCUT2D eigenvalue weighted by Crippen LogP contribution is 2.20. The summed E-state index contributed by atoms with van der Waals surface area (Å²) in [6.45, 7) is 4.29. The lowest BCUT2D eigenvalue weighted by molar-refractivity contribution is 0.368. The number of hydrogen-bond donors (Lipinski definition) is 1. The minimum atomic E-state index is 0.0733. The van der Waals surface area contributed by atoms with Gasteiger partial charge in [-0.2, -0.15) is 5.26 Å². The van der Waals surface area contributed by atoms with Gasteiger partial charge in [0.2, 0.25) is 0 Å². The molecular weight excluding hydrogens is 262 g/mol. The van der Waals surface area contributed by atoms with Crippen LogP contribution < -0.4 is 10.1 Å². The molecule has 21 heavy (non-hydrogen) atoms. The molecule has 0 spiro atoms. The second-order valence-electron chi connectivity index (χ2n) is 4.88. The first-order valence-electron chi connectivity index (χ1n) is 6.97. The van der Waals surface area contributed by atoms with Crippen molar-refractivity contribution in [3.8, 4) is 11.8 Å². The number of nitriles is 1. The van der Waals surface area contributed by atoms with Crippen LogP contribution in [0.4, 0.5) is 0 Å². The number of rotatable bonds is 6. The van der Waals surface area contributed by atoms with Crippen molar-refractivity contribution in [1.82, 2.24) is 10.3 Å². The van der Waals surface area contributed by atoms with Crippen LogP contribution >= 0.6 is 0 Å². The SMILES string of the molecule is CC(N[C@@H](C)c1ccccn1)c1ccc(OCC#N)cc1. The third kappa shape index (κ3) is 4.30. The van der Waals surface area contributed by atoms with E-state index in [1.807, 2.05) is 48.5 Å². The fraction of sp³-hybridized carbons (Fsp3) is 0.294. The molecule has 0 aliphatic rings. The highest BCUT2D eigenvalue weighted by molar-refractivity contribution is 5.29. The first-order chi connectivity index (χ1) is 10.2. The molecule has 0 aliphatic carbocycles. The molecule has 1 unspecified atom stereocenters. The zero-order valence-electron chi connectivity index (χ0n) is 12.3. The zero-order valence-corrected chi connectivity index (χ0v) is 12.3. The Morgan fingerprint density at radius 3 is 2.52 bits per heavy atom. The van der Waals surface area contributed by atoms with E-state index in [0.29, 0.717) is 5.75 Å². The van der Waals surface area contributed by atoms with Crippen LogP contribution in [0.3, 0.4) is 0 Å². The van der Waals surface area contributed by atoms with Gasteiger partial charge in [0.25, 0.3) is 0 Å². The molecule has 0 aliphatic heterocycles. The lowest BCUT2D eigenvalue weighted by atomic mass is 10.1. The van der Waals surface area contributed by atoms with E-state index in [9.17, 15) is 0 Å². The molecule has 0 fully saturated rings. The summed E-state index contributed by atoms with van der Waals surface area (Å²) >= 11 is 0. The van der Waals surface area contributed by atoms with Gasteiger partial charge in [0, 0.05) is 18.3 Å². The van der Waals surface area contributed by atoms with Crippen molar-refractivity contribution < 1.29 is 4.74 Å². The normalized spacial score (nSPS) is 13.2. The molecule has 4 heteroatoms. The van der Waals surface area contributed by atoms with Gasteiger partial charge in [0.15, 0.2) is 6.61 Å². The minimum Gasteiger partial charge on any atom is -0.479 e. The van der Waals surface area contributed by atoms with Crippen molar-refractivity contribution in [2.45, 2.75) is 25.9 Å². The predicted octanol–water partition coefficient (Wildman–Crippen LogP) is 3.40. The lowest BCUT2D eigenvalue weighted by Crippen LogP contribution is -2.23. The Hall–Kier alpha value is -2.38. The molecule has 1 aromatic carbocycles. The van der Waals surface area contributed by atoms with Crippen LogP contribution in [-0.4, -0.2) is 11.6 Å². The first-order valence-corrected chi connectivity index (χ1v) is 6.97. The second-order valence-corrected chi connectivity index (χ2v) is 4.88. The van der Waals surface area contributed by atoms with E-state index >= 15 is 0 Å². The predicted molar refractivity (Wildman–Crippen MR) is 81.8 cm³/mol. The maximum Gasteiger partial charge on any atom is 0.174 e. The molecule has 0 amide bonds. The molecule has 2 aromatic rings. The summed E-state index contributed by atoms with van der Waals surface area (Å²) in [4.78, 5) is 4.36. The Kier molecular flexibility index (Phi) is 5.30. The highest BCUT2D eigenvalue weighted by atomic mass is 16.5. The summed E-state index contributed by atoms with van der Waals surface area (Å²) in [5, 5.41) is 12.0. The van der Waals surface area contributed by atoms with Crippen molar-refractivity contribution >= 4 is 0 Å². The third-order valence-electron chi connectivity index (χ3n) is 3.31. The van der Waals surface area contributed by atoms with Gasteiger partial charge in [-0.15, -0.1) is 0 Å². The van der Waals surface area contributed by atoms with Crippen LogP contribution in [0.2, 0.25) is 0 Å². The quantitative estimate of drug-likeness (QED) is 0.881. The van der Waals surface area contributed by atoms with Gasteiger partial charge in [0.1, 0.15) is 11.8 Å². The van der Waals surface area contributed by atoms with Crippen LogP contribution in [0.1, 0.15) is 37.2 Å². The van der Waals surface area contributed by atoms with Gasteiger partial charge in [-0.3, -0.25) is 4.98 Å². The van der Waals surface area contributed by atoms with Crippen molar-refractivity contribution in [2.75, 3.05) is 6.61 Å². The zero-order chi connectivity index (χ0) is 15.1. The Bertz CT molecular complexity index is 590. The van der Waals surface area contributed by atoms with E-state index < -0.39 is 0 Å². The number of benzene rings is 1. The molecular formula is C17H19N3O. The maximum absolute atomic E-state index is 8.49. The fourth-order valence-electron chi connectivity index (χ4n) is 2.16. The van der Waals surface area contributed by atoms with Gasteiger partial charge in [-0.05, 0) is 43.7 Å². The molecule has 2 rings (SSSR count). The van der Waals surface area contributed by atoms with E-state index in [-0.39, 0.29) is 18.7 Å². The van der Waals surface area contributed by atoms with Crippen LogP contribution in [0.5, 0.6) is 5.75 Å². The number of nitrogens with zero attached hydrogens (tertiary/aromatic N) is 2. The van der Waals surface area contributed by atoms with Crippen molar-refractivity contribution in [3.05, 3.63) is 59.9 Å². The van der Waals surface area contributed by atoms with Gasteiger partial charge >= 0.3 is 0 Å². The van der Waals surface area contributed by atoms with Crippen molar-refractivity contribution in [3.63, 3.8) is 0 Å². The largest absolute Gasteiger partial charge is 0.479 e. The Labute approximate surface area is 125 Å². The van der Waals surface area contributed by atoms with Crippen LogP contribution in [0.25, 0.3) is 0 Å². The number of ether oxygens (including phenoxy) is 1. The molecule has 0 bridgehead atoms. The van der Waals surface area contributed by atoms with Gasteiger partial charge < -0.3 is 10.1 Å². The smallest absolute Gasteiger partial charge is 0.174 e. The fourth-order valence-corrected chi connectivity index (χ4v) is 2.16. The summed E-state index contributed by atoms with van der Waals surface area (Å²) in [7, 11) is 0. The number of pyridine rings is 1. The van der Waals surface area contributed by atoms with Crippen LogP contribution in [-0.2, 0) is 0 Å². The maximum atomic E-state index is 8.49. The van der Waals surface area contributed by atoms with E-state index in [1.165, 1.54) is 5.56 Å². The molecule has 1 aromatic heterocycles. The number of nitrogens with one attached hydrogen (secondary N) is 1. The van der Waals surface area contributed by atoms with Gasteiger partial charge in [0.05, 0.1) is 5.69 Å². The van der Waals surface area contributed by atoms with Crippen molar-refractivity contribution in [1.29, 1.82) is 5.26 Å². The Morgan fingerprint density at radius 1 is 1.14 bits per heavy atom. The van der Waals surface area contributed by atoms with E-state index in [2.05, 4.69) is 24.1 Å². The molecule has 108 valence electrons. The standard InChI is InChI=1S/C17H19N3O/c1-13(20-14(2)17-5-3-4-11-19-17)15-6-8-16(9-7-15)21-12-10-18/h3-9,11,13-14,20H,12H2,1-2H3/t13?,14-/m0/s1. The molecule has 2 atom stereocenters. The summed E-state index contributed by atoms with van der Waals surface area (Å²) in [6.07, 6.45) is 1.81. The summed E-state index contributed by atoms with van der Waals surface area (Å²) in [5.41, 5.74) is 2.19. The molecule has 1 N–H and O–H groups in total. The Balaban J connectivity index is 1.97. The number of hydrogen-bond acceptors (Lipinski definition) is 4. The molecule has 1 heterocycles. The highest BCUT2D eigenvalue weighted by Gasteiger charge is 2.11. The van der Waals surface area contributed by atoms with Crippen LogP contribution in [0, 0.1) is 11.3 Å². The molecule has 0 saturated carbocycles. The van der Waals surface area contributed by atoms with Crippen molar-refractivity contribution in [2.24, 2.45) is 0 Å². The second kappa shape index (κ2) is 7.41. The van der Waals surface area contributed by atoms with E-state index in [0.717, 1.165) is 5.69 Å². The average molecular weight is 281 g/mol. The summed E-state index contributed by atoms with van der Waals surface area (Å²) in [5.74, 6) is 0.713. The monoisotopic (exact) mass is 281 g/mol. The van der Waals surface area contributed by atoms with E-state index in [4.69, 9.17) is 10.00 Å². The van der Waals surface area contributed by atoms with E-state index in [1.54, 1.807) is 6.20 Å². The molecule has 0 saturated heterocycles. The first kappa shape index (κ1) is 15.0. The summed E-state index contributed by atoms with van der Waals surface area (Å²) in [6, 6.07) is 16.0. The van der Waals surface area contributed by atoms with Gasteiger partial charge in [-0.1, -0.05) is 18.2 Å². The van der Waals surface area contributed by atoms with Crippen LogP contribution in [0.15, 0.2) is 48.7 Å². The number of aromatic nitrogens is 1. The molecule has 4 nitrogen and oxygen atoms in total. The topological polar surface area (TPSA) is 57.9 Å². The summed E-state index contributed by atoms with van der Waals surface area (Å²) < 4.78 is 5.25.